The number of rotatable bonds is 5. The lowest BCUT2D eigenvalue weighted by molar-refractivity contribution is -0.125. The molecule has 6 nitrogen and oxygen atoms in total. The van der Waals surface area contributed by atoms with Gasteiger partial charge in [0.2, 0.25) is 17.6 Å². The van der Waals surface area contributed by atoms with Gasteiger partial charge in [-0.2, -0.15) is 4.98 Å². The molecule has 2 rings (SSSR count). The van der Waals surface area contributed by atoms with Gasteiger partial charge in [-0.25, -0.2) is 0 Å². The fourth-order valence-corrected chi connectivity index (χ4v) is 1.92. The molecule has 0 aliphatic carbocycles. The first-order valence-corrected chi connectivity index (χ1v) is 7.09. The van der Waals surface area contributed by atoms with E-state index in [0.29, 0.717) is 11.7 Å². The second-order valence-electron chi connectivity index (χ2n) is 6.05. The van der Waals surface area contributed by atoms with Crippen molar-refractivity contribution in [3.8, 4) is 11.4 Å². The number of carbonyl (C=O) groups is 1. The zero-order chi connectivity index (χ0) is 16.2. The molecule has 1 aromatic heterocycles. The summed E-state index contributed by atoms with van der Waals surface area (Å²) in [6, 6.07) is 8.06. The molecule has 1 N–H and O–H groups in total. The highest BCUT2D eigenvalue weighted by atomic mass is 16.5. The van der Waals surface area contributed by atoms with E-state index >= 15 is 0 Å². The van der Waals surface area contributed by atoms with Crippen LogP contribution in [-0.2, 0) is 21.5 Å². The first-order valence-electron chi connectivity index (χ1n) is 7.09. The van der Waals surface area contributed by atoms with Crippen LogP contribution in [0.1, 0.15) is 32.2 Å². The number of carbonyl (C=O) groups excluding carboxylic acids is 1. The van der Waals surface area contributed by atoms with Crippen LogP contribution in [0.2, 0.25) is 0 Å². The summed E-state index contributed by atoms with van der Waals surface area (Å²) in [5.74, 6) is 0.646. The van der Waals surface area contributed by atoms with Gasteiger partial charge >= 0.3 is 0 Å². The van der Waals surface area contributed by atoms with Gasteiger partial charge in [0.1, 0.15) is 6.61 Å². The van der Waals surface area contributed by atoms with Gasteiger partial charge in [0.05, 0.1) is 6.54 Å². The molecule has 0 unspecified atom stereocenters. The molecule has 0 atom stereocenters. The molecule has 0 saturated carbocycles. The second kappa shape index (κ2) is 6.70. The zero-order valence-corrected chi connectivity index (χ0v) is 13.3. The van der Waals surface area contributed by atoms with Crippen LogP contribution >= 0.6 is 0 Å². The summed E-state index contributed by atoms with van der Waals surface area (Å²) in [6.45, 7) is 6.69. The highest BCUT2D eigenvalue weighted by Crippen LogP contribution is 2.24. The second-order valence-corrected chi connectivity index (χ2v) is 6.05. The Bertz CT molecular complexity index is 627. The van der Waals surface area contributed by atoms with Crippen molar-refractivity contribution in [2.45, 2.75) is 32.7 Å². The number of methoxy groups -OCH3 is 1. The highest BCUT2D eigenvalue weighted by Gasteiger charge is 2.14. The first kappa shape index (κ1) is 16.2. The largest absolute Gasteiger partial charge is 0.375 e. The van der Waals surface area contributed by atoms with E-state index in [1.165, 1.54) is 12.7 Å². The molecule has 2 aromatic rings. The summed E-state index contributed by atoms with van der Waals surface area (Å²) < 4.78 is 9.85. The minimum Gasteiger partial charge on any atom is -0.375 e. The first-order chi connectivity index (χ1) is 10.4. The zero-order valence-electron chi connectivity index (χ0n) is 13.3. The average Bonchev–Trinajstić information content (AvgIpc) is 2.93. The molecule has 6 heteroatoms. The number of hydrogen-bond acceptors (Lipinski definition) is 5. The molecular weight excluding hydrogens is 282 g/mol. The molecule has 0 aliphatic heterocycles. The van der Waals surface area contributed by atoms with Gasteiger partial charge in [-0.3, -0.25) is 4.79 Å². The topological polar surface area (TPSA) is 77.2 Å². The predicted octanol–water partition coefficient (Wildman–Crippen LogP) is 2.30. The van der Waals surface area contributed by atoms with Crippen LogP contribution in [0, 0.1) is 0 Å². The molecule has 1 amide bonds. The van der Waals surface area contributed by atoms with Crippen LogP contribution in [0.3, 0.4) is 0 Å². The van der Waals surface area contributed by atoms with E-state index in [1.807, 2.05) is 12.1 Å². The number of nitrogens with one attached hydrogen (secondary N) is 1. The van der Waals surface area contributed by atoms with Crippen molar-refractivity contribution in [3.63, 3.8) is 0 Å². The molecule has 22 heavy (non-hydrogen) atoms. The third-order valence-corrected chi connectivity index (χ3v) is 3.19. The third kappa shape index (κ3) is 4.14. The van der Waals surface area contributed by atoms with Crippen LogP contribution in [0.4, 0.5) is 0 Å². The van der Waals surface area contributed by atoms with Crippen molar-refractivity contribution in [1.29, 1.82) is 0 Å². The Balaban J connectivity index is 2.03. The molecular formula is C16H21N3O3. The van der Waals surface area contributed by atoms with E-state index in [2.05, 4.69) is 48.4 Å². The van der Waals surface area contributed by atoms with E-state index in [1.54, 1.807) is 0 Å². The summed E-state index contributed by atoms with van der Waals surface area (Å²) in [5.41, 5.74) is 2.23. The number of nitrogens with zero attached hydrogens (tertiary/aromatic N) is 2. The van der Waals surface area contributed by atoms with Gasteiger partial charge in [0.15, 0.2) is 0 Å². The van der Waals surface area contributed by atoms with Gasteiger partial charge in [0, 0.05) is 12.7 Å². The van der Waals surface area contributed by atoms with E-state index in [0.717, 1.165) is 5.56 Å². The maximum absolute atomic E-state index is 11.3. The van der Waals surface area contributed by atoms with Gasteiger partial charge in [-0.05, 0) is 11.0 Å². The average molecular weight is 303 g/mol. The van der Waals surface area contributed by atoms with E-state index < -0.39 is 0 Å². The highest BCUT2D eigenvalue weighted by molar-refractivity contribution is 5.77. The SMILES string of the molecule is COCC(=O)NCc1nc(-c2ccc(C(C)(C)C)cc2)no1. The van der Waals surface area contributed by atoms with Crippen molar-refractivity contribution in [3.05, 3.63) is 35.7 Å². The normalized spacial score (nSPS) is 11.5. The Kier molecular flexibility index (Phi) is 4.92. The number of amides is 1. The molecule has 0 spiro atoms. The quantitative estimate of drug-likeness (QED) is 0.917. The van der Waals surface area contributed by atoms with Crippen molar-refractivity contribution < 1.29 is 14.1 Å². The Hall–Kier alpha value is -2.21. The van der Waals surface area contributed by atoms with Crippen LogP contribution in [0.5, 0.6) is 0 Å². The van der Waals surface area contributed by atoms with Gasteiger partial charge < -0.3 is 14.6 Å². The van der Waals surface area contributed by atoms with Crippen molar-refractivity contribution in [2.75, 3.05) is 13.7 Å². The van der Waals surface area contributed by atoms with Crippen molar-refractivity contribution in [1.82, 2.24) is 15.5 Å². The summed E-state index contributed by atoms with van der Waals surface area (Å²) in [5, 5.41) is 6.57. The van der Waals surface area contributed by atoms with Crippen molar-refractivity contribution >= 4 is 5.91 Å². The third-order valence-electron chi connectivity index (χ3n) is 3.19. The molecule has 1 aromatic carbocycles. The molecule has 0 bridgehead atoms. The Morgan fingerprint density at radius 3 is 2.55 bits per heavy atom. The summed E-state index contributed by atoms with van der Waals surface area (Å²) in [6.07, 6.45) is 0. The van der Waals surface area contributed by atoms with Crippen LogP contribution in [-0.4, -0.2) is 29.8 Å². The minimum absolute atomic E-state index is 0.00919. The smallest absolute Gasteiger partial charge is 0.246 e. The minimum atomic E-state index is -0.225. The maximum Gasteiger partial charge on any atom is 0.246 e. The Morgan fingerprint density at radius 2 is 1.95 bits per heavy atom. The fourth-order valence-electron chi connectivity index (χ4n) is 1.92. The summed E-state index contributed by atoms with van der Waals surface area (Å²) >= 11 is 0. The van der Waals surface area contributed by atoms with Crippen LogP contribution in [0.15, 0.2) is 28.8 Å². The monoisotopic (exact) mass is 303 g/mol. The Labute approximate surface area is 129 Å². The molecule has 1 heterocycles. The van der Waals surface area contributed by atoms with E-state index in [9.17, 15) is 4.79 Å². The molecule has 0 aliphatic rings. The molecule has 0 radical (unpaired) electrons. The summed E-state index contributed by atoms with van der Waals surface area (Å²) in [7, 11) is 1.46. The predicted molar refractivity (Wildman–Crippen MR) is 82.2 cm³/mol. The summed E-state index contributed by atoms with van der Waals surface area (Å²) in [4.78, 5) is 15.6. The van der Waals surface area contributed by atoms with Gasteiger partial charge in [-0.1, -0.05) is 50.2 Å². The number of hydrogen-bond donors (Lipinski definition) is 1. The van der Waals surface area contributed by atoms with Crippen LogP contribution < -0.4 is 5.32 Å². The van der Waals surface area contributed by atoms with E-state index in [4.69, 9.17) is 9.26 Å². The number of ether oxygens (including phenoxy) is 1. The fraction of sp³-hybridized carbons (Fsp3) is 0.438. The Morgan fingerprint density at radius 1 is 1.27 bits per heavy atom. The lowest BCUT2D eigenvalue weighted by atomic mass is 9.87. The molecule has 118 valence electrons. The standard InChI is InChI=1S/C16H21N3O3/c1-16(2,3)12-7-5-11(6-8-12)15-18-14(22-19-15)9-17-13(20)10-21-4/h5-8H,9-10H2,1-4H3,(H,17,20). The maximum atomic E-state index is 11.3. The van der Waals surface area contributed by atoms with Gasteiger partial charge in [-0.15, -0.1) is 0 Å². The molecule has 0 fully saturated rings. The van der Waals surface area contributed by atoms with Gasteiger partial charge in [0.25, 0.3) is 0 Å². The van der Waals surface area contributed by atoms with E-state index in [-0.39, 0.29) is 24.5 Å². The van der Waals surface area contributed by atoms with Crippen molar-refractivity contribution in [2.24, 2.45) is 0 Å². The lowest BCUT2D eigenvalue weighted by Gasteiger charge is -2.18. The van der Waals surface area contributed by atoms with Crippen LogP contribution in [0.25, 0.3) is 11.4 Å². The molecule has 0 saturated heterocycles. The lowest BCUT2D eigenvalue weighted by Crippen LogP contribution is -2.26. The number of benzene rings is 1. The number of aromatic nitrogens is 2.